The Labute approximate surface area is 152 Å². The summed E-state index contributed by atoms with van der Waals surface area (Å²) in [6.07, 6.45) is 2.01. The fourth-order valence-corrected chi connectivity index (χ4v) is 3.92. The quantitative estimate of drug-likeness (QED) is 0.615. The Morgan fingerprint density at radius 2 is 2.00 bits per heavy atom. The first kappa shape index (κ1) is 17.9. The largest absolute Gasteiger partial charge is 0.356 e. The van der Waals surface area contributed by atoms with Crippen molar-refractivity contribution in [1.82, 2.24) is 15.5 Å². The van der Waals surface area contributed by atoms with E-state index in [1.54, 1.807) is 11.9 Å². The maximum absolute atomic E-state index is 12.9. The summed E-state index contributed by atoms with van der Waals surface area (Å²) in [6, 6.07) is 8.89. The van der Waals surface area contributed by atoms with E-state index >= 15 is 0 Å². The highest BCUT2D eigenvalue weighted by Crippen LogP contribution is 2.23. The fourth-order valence-electron chi connectivity index (χ4n) is 3.03. The molecule has 0 aliphatic carbocycles. The highest BCUT2D eigenvalue weighted by molar-refractivity contribution is 7.10. The van der Waals surface area contributed by atoms with Crippen LogP contribution in [0, 0.1) is 5.82 Å². The van der Waals surface area contributed by atoms with Crippen LogP contribution in [-0.2, 0) is 19.4 Å². The molecule has 134 valence electrons. The zero-order valence-electron chi connectivity index (χ0n) is 14.6. The second kappa shape index (κ2) is 8.97. The van der Waals surface area contributed by atoms with Crippen molar-refractivity contribution in [2.24, 2.45) is 4.99 Å². The number of nitrogens with one attached hydrogen (secondary N) is 2. The summed E-state index contributed by atoms with van der Waals surface area (Å²) >= 11 is 1.88. The zero-order chi connectivity index (χ0) is 17.5. The summed E-state index contributed by atoms with van der Waals surface area (Å²) in [4.78, 5) is 8.29. The van der Waals surface area contributed by atoms with Gasteiger partial charge in [0.2, 0.25) is 0 Å². The van der Waals surface area contributed by atoms with Gasteiger partial charge in [-0.25, -0.2) is 4.39 Å². The molecule has 2 heterocycles. The van der Waals surface area contributed by atoms with Gasteiger partial charge in [-0.05, 0) is 47.5 Å². The van der Waals surface area contributed by atoms with Gasteiger partial charge in [-0.3, -0.25) is 9.89 Å². The first-order valence-corrected chi connectivity index (χ1v) is 9.59. The smallest absolute Gasteiger partial charge is 0.191 e. The maximum atomic E-state index is 12.9. The molecule has 2 N–H and O–H groups in total. The summed E-state index contributed by atoms with van der Waals surface area (Å²) in [5.74, 6) is 0.622. The number of hydrogen-bond donors (Lipinski definition) is 2. The van der Waals surface area contributed by atoms with Gasteiger partial charge in [0.15, 0.2) is 5.96 Å². The Kier molecular flexibility index (Phi) is 6.42. The Balaban J connectivity index is 1.35. The number of halogens is 1. The summed E-state index contributed by atoms with van der Waals surface area (Å²) in [6.45, 7) is 4.83. The minimum absolute atomic E-state index is 0.193. The monoisotopic (exact) mass is 360 g/mol. The van der Waals surface area contributed by atoms with Crippen molar-refractivity contribution in [3.8, 4) is 0 Å². The van der Waals surface area contributed by atoms with Gasteiger partial charge in [0.1, 0.15) is 5.82 Å². The van der Waals surface area contributed by atoms with Crippen LogP contribution in [0.15, 0.2) is 40.7 Å². The molecule has 1 aromatic heterocycles. The second-order valence-electron chi connectivity index (χ2n) is 6.20. The summed E-state index contributed by atoms with van der Waals surface area (Å²) in [5, 5.41) is 8.87. The lowest BCUT2D eigenvalue weighted by Crippen LogP contribution is -2.43. The highest BCUT2D eigenvalue weighted by Gasteiger charge is 2.16. The Bertz CT molecular complexity index is 696. The van der Waals surface area contributed by atoms with Crippen LogP contribution in [0.3, 0.4) is 0 Å². The van der Waals surface area contributed by atoms with Crippen molar-refractivity contribution >= 4 is 17.3 Å². The van der Waals surface area contributed by atoms with Crippen LogP contribution < -0.4 is 10.6 Å². The second-order valence-corrected chi connectivity index (χ2v) is 7.20. The molecule has 0 unspecified atom stereocenters. The molecule has 1 aliphatic rings. The van der Waals surface area contributed by atoms with Gasteiger partial charge in [0, 0.05) is 44.6 Å². The molecule has 25 heavy (non-hydrogen) atoms. The van der Waals surface area contributed by atoms with E-state index in [9.17, 15) is 4.39 Å². The lowest BCUT2D eigenvalue weighted by Gasteiger charge is -2.27. The van der Waals surface area contributed by atoms with Gasteiger partial charge < -0.3 is 10.6 Å². The standard InChI is InChI=1S/C19H25FN4S/c1-21-19(22-9-6-15-2-4-17(20)5-3-15)23-10-12-24-11-7-18-16(14-24)8-13-25-18/h2-5,8,13H,6-7,9-12,14H2,1H3,(H2,21,22,23). The number of thiophene rings is 1. The predicted molar refractivity (Wildman–Crippen MR) is 103 cm³/mol. The van der Waals surface area contributed by atoms with Gasteiger partial charge >= 0.3 is 0 Å². The van der Waals surface area contributed by atoms with Crippen LogP contribution in [0.1, 0.15) is 16.0 Å². The van der Waals surface area contributed by atoms with Crippen molar-refractivity contribution in [2.45, 2.75) is 19.4 Å². The van der Waals surface area contributed by atoms with E-state index in [-0.39, 0.29) is 5.82 Å². The van der Waals surface area contributed by atoms with E-state index in [2.05, 4.69) is 32.0 Å². The Morgan fingerprint density at radius 1 is 1.20 bits per heavy atom. The van der Waals surface area contributed by atoms with Crippen LogP contribution in [-0.4, -0.2) is 44.1 Å². The lowest BCUT2D eigenvalue weighted by atomic mass is 10.1. The molecule has 0 saturated carbocycles. The highest BCUT2D eigenvalue weighted by atomic mass is 32.1. The molecule has 1 aromatic carbocycles. The molecule has 0 radical (unpaired) electrons. The third-order valence-electron chi connectivity index (χ3n) is 4.45. The van der Waals surface area contributed by atoms with Crippen molar-refractivity contribution in [1.29, 1.82) is 0 Å². The van der Waals surface area contributed by atoms with Crippen LogP contribution in [0.5, 0.6) is 0 Å². The SMILES string of the molecule is CN=C(NCCc1ccc(F)cc1)NCCN1CCc2sccc2C1. The van der Waals surface area contributed by atoms with Gasteiger partial charge in [-0.1, -0.05) is 12.1 Å². The average molecular weight is 361 g/mol. The number of nitrogens with zero attached hydrogens (tertiary/aromatic N) is 2. The topological polar surface area (TPSA) is 39.7 Å². The van der Waals surface area contributed by atoms with E-state index < -0.39 is 0 Å². The molecule has 1 aliphatic heterocycles. The number of hydrogen-bond acceptors (Lipinski definition) is 3. The minimum Gasteiger partial charge on any atom is -0.356 e. The fraction of sp³-hybridized carbons (Fsp3) is 0.421. The van der Waals surface area contributed by atoms with Gasteiger partial charge in [0.25, 0.3) is 0 Å². The normalized spacial score (nSPS) is 15.0. The molecular weight excluding hydrogens is 335 g/mol. The molecule has 6 heteroatoms. The minimum atomic E-state index is -0.193. The number of rotatable bonds is 6. The average Bonchev–Trinajstić information content (AvgIpc) is 3.10. The molecule has 0 spiro atoms. The van der Waals surface area contributed by atoms with E-state index in [0.717, 1.165) is 57.1 Å². The number of aliphatic imine (C=N–C) groups is 1. The van der Waals surface area contributed by atoms with Gasteiger partial charge in [-0.2, -0.15) is 0 Å². The summed E-state index contributed by atoms with van der Waals surface area (Å²) in [7, 11) is 1.78. The van der Waals surface area contributed by atoms with Crippen LogP contribution in [0.25, 0.3) is 0 Å². The molecule has 0 fully saturated rings. The molecule has 0 bridgehead atoms. The maximum Gasteiger partial charge on any atom is 0.191 e. The molecule has 3 rings (SSSR count). The molecule has 2 aromatic rings. The van der Waals surface area contributed by atoms with Crippen LogP contribution in [0.4, 0.5) is 4.39 Å². The Morgan fingerprint density at radius 3 is 2.80 bits per heavy atom. The molecule has 4 nitrogen and oxygen atoms in total. The third-order valence-corrected chi connectivity index (χ3v) is 5.47. The number of fused-ring (bicyclic) bond motifs is 1. The summed E-state index contributed by atoms with van der Waals surface area (Å²) in [5.41, 5.74) is 2.60. The molecular formula is C19H25FN4S. The first-order valence-electron chi connectivity index (χ1n) is 8.71. The van der Waals surface area contributed by atoms with Gasteiger partial charge in [-0.15, -0.1) is 11.3 Å². The van der Waals surface area contributed by atoms with Gasteiger partial charge in [0.05, 0.1) is 0 Å². The van der Waals surface area contributed by atoms with E-state index in [1.165, 1.54) is 17.7 Å². The van der Waals surface area contributed by atoms with E-state index in [0.29, 0.717) is 0 Å². The zero-order valence-corrected chi connectivity index (χ0v) is 15.4. The van der Waals surface area contributed by atoms with E-state index in [4.69, 9.17) is 0 Å². The summed E-state index contributed by atoms with van der Waals surface area (Å²) < 4.78 is 12.9. The lowest BCUT2D eigenvalue weighted by molar-refractivity contribution is 0.260. The van der Waals surface area contributed by atoms with E-state index in [1.807, 2.05) is 23.5 Å². The van der Waals surface area contributed by atoms with Crippen molar-refractivity contribution in [3.63, 3.8) is 0 Å². The van der Waals surface area contributed by atoms with Crippen LogP contribution >= 0.6 is 11.3 Å². The molecule has 0 saturated heterocycles. The first-order chi connectivity index (χ1) is 12.2. The van der Waals surface area contributed by atoms with Crippen LogP contribution in [0.2, 0.25) is 0 Å². The van der Waals surface area contributed by atoms with Crippen molar-refractivity contribution in [3.05, 3.63) is 57.5 Å². The molecule has 0 atom stereocenters. The molecule has 0 amide bonds. The third kappa shape index (κ3) is 5.28. The van der Waals surface area contributed by atoms with Crippen molar-refractivity contribution in [2.75, 3.05) is 33.2 Å². The number of guanidine groups is 1. The number of benzene rings is 1. The van der Waals surface area contributed by atoms with Crippen molar-refractivity contribution < 1.29 is 4.39 Å². The Hall–Kier alpha value is -1.92. The predicted octanol–water partition coefficient (Wildman–Crippen LogP) is 2.65.